The highest BCUT2D eigenvalue weighted by molar-refractivity contribution is 7.86. The molecule has 0 radical (unpaired) electrons. The molecule has 4 atom stereocenters. The van der Waals surface area contributed by atoms with E-state index in [0.29, 0.717) is 11.5 Å². The highest BCUT2D eigenvalue weighted by Gasteiger charge is 2.56. The van der Waals surface area contributed by atoms with Gasteiger partial charge in [-0.1, -0.05) is 17.7 Å². The number of hydrogen-bond donors (Lipinski definition) is 0. The van der Waals surface area contributed by atoms with Gasteiger partial charge in [0.1, 0.15) is 30.3 Å². The lowest BCUT2D eigenvalue weighted by Gasteiger charge is -2.25. The van der Waals surface area contributed by atoms with Crippen LogP contribution in [-0.4, -0.2) is 60.8 Å². The topological polar surface area (TPSA) is 111 Å². The third-order valence-electron chi connectivity index (χ3n) is 5.76. The number of aryl methyl sites for hydroxylation is 1. The minimum Gasteiger partial charge on any atom is -0.480 e. The van der Waals surface area contributed by atoms with Crippen molar-refractivity contribution in [1.82, 2.24) is 14.5 Å². The molecular formula is C22H25N3O7S. The molecule has 5 rings (SSSR count). The normalized spacial score (nSPS) is 26.5. The Kier molecular flexibility index (Phi) is 5.41. The zero-order valence-corrected chi connectivity index (χ0v) is 19.5. The van der Waals surface area contributed by atoms with Crippen LogP contribution in [-0.2, 0) is 28.5 Å². The zero-order chi connectivity index (χ0) is 23.4. The van der Waals surface area contributed by atoms with Gasteiger partial charge in [0, 0.05) is 6.20 Å². The van der Waals surface area contributed by atoms with Crippen LogP contribution in [0.5, 0.6) is 5.88 Å². The Morgan fingerprint density at radius 2 is 1.82 bits per heavy atom. The van der Waals surface area contributed by atoms with Gasteiger partial charge in [-0.25, -0.2) is 9.97 Å². The molecule has 0 N–H and O–H groups in total. The Hall–Kier alpha value is -2.57. The molecule has 11 heteroatoms. The van der Waals surface area contributed by atoms with Gasteiger partial charge >= 0.3 is 0 Å². The Balaban J connectivity index is 1.41. The van der Waals surface area contributed by atoms with Gasteiger partial charge < -0.3 is 23.5 Å². The molecule has 3 aromatic rings. The molecule has 4 heterocycles. The van der Waals surface area contributed by atoms with E-state index >= 15 is 0 Å². The molecule has 1 aromatic carbocycles. The Morgan fingerprint density at radius 1 is 1.09 bits per heavy atom. The van der Waals surface area contributed by atoms with Gasteiger partial charge in [0.05, 0.1) is 24.0 Å². The summed E-state index contributed by atoms with van der Waals surface area (Å²) in [5, 5.41) is 0.722. The highest BCUT2D eigenvalue weighted by Crippen LogP contribution is 2.44. The second-order valence-corrected chi connectivity index (χ2v) is 10.1. The van der Waals surface area contributed by atoms with Crippen LogP contribution in [0, 0.1) is 6.92 Å². The van der Waals surface area contributed by atoms with E-state index in [1.807, 2.05) is 37.6 Å². The monoisotopic (exact) mass is 475 g/mol. The predicted octanol–water partition coefficient (Wildman–Crippen LogP) is 2.57. The summed E-state index contributed by atoms with van der Waals surface area (Å²) in [5.41, 5.74) is 1.56. The third kappa shape index (κ3) is 4.00. The van der Waals surface area contributed by atoms with E-state index < -0.39 is 40.4 Å². The van der Waals surface area contributed by atoms with Crippen molar-refractivity contribution in [3.8, 4) is 5.88 Å². The SMILES string of the molecule is COc1ncnc2c1ccn2[C@@H]1O[C@H](COS(=O)(=O)c2ccc(C)cc2)[C@H]2OC(C)(C)O[C@H]21. The molecule has 33 heavy (non-hydrogen) atoms. The molecule has 10 nitrogen and oxygen atoms in total. The first kappa shape index (κ1) is 22.2. The second-order valence-electron chi connectivity index (χ2n) is 8.52. The fourth-order valence-electron chi connectivity index (χ4n) is 4.26. The highest BCUT2D eigenvalue weighted by atomic mass is 32.2. The molecule has 2 fully saturated rings. The number of benzene rings is 1. The van der Waals surface area contributed by atoms with E-state index in [-0.39, 0.29) is 11.5 Å². The maximum absolute atomic E-state index is 12.7. The summed E-state index contributed by atoms with van der Waals surface area (Å²) in [6, 6.07) is 8.31. The average Bonchev–Trinajstić information content (AvgIpc) is 3.43. The van der Waals surface area contributed by atoms with Crippen molar-refractivity contribution >= 4 is 21.2 Å². The van der Waals surface area contributed by atoms with Crippen molar-refractivity contribution in [2.45, 2.75) is 56.0 Å². The van der Waals surface area contributed by atoms with E-state index in [9.17, 15) is 8.42 Å². The Labute approximate surface area is 191 Å². The third-order valence-corrected chi connectivity index (χ3v) is 7.06. The Bertz CT molecular complexity index is 1270. The van der Waals surface area contributed by atoms with E-state index in [4.69, 9.17) is 23.1 Å². The molecule has 0 unspecified atom stereocenters. The van der Waals surface area contributed by atoms with Gasteiger partial charge in [-0.3, -0.25) is 4.18 Å². The standard InChI is InChI=1S/C22H25N3O7S/c1-13-5-7-14(8-6-13)33(26,27)29-11-16-17-18(32-22(2,3)31-17)21(30-16)25-10-9-15-19(25)23-12-24-20(15)28-4/h5-10,12,16-18,21H,11H2,1-4H3/t16-,17-,18-,21-/m1/s1. The molecule has 176 valence electrons. The number of fused-ring (bicyclic) bond motifs is 2. The molecule has 0 spiro atoms. The van der Waals surface area contributed by atoms with Crippen molar-refractivity contribution in [2.75, 3.05) is 13.7 Å². The summed E-state index contributed by atoms with van der Waals surface area (Å²) in [7, 11) is -2.42. The van der Waals surface area contributed by atoms with Crippen LogP contribution >= 0.6 is 0 Å². The minimum atomic E-state index is -3.96. The summed E-state index contributed by atoms with van der Waals surface area (Å²) in [5.74, 6) is -0.414. The van der Waals surface area contributed by atoms with Crippen LogP contribution in [0.25, 0.3) is 11.0 Å². The van der Waals surface area contributed by atoms with Gasteiger partial charge in [0.2, 0.25) is 5.88 Å². The van der Waals surface area contributed by atoms with E-state index in [2.05, 4.69) is 9.97 Å². The number of methoxy groups -OCH3 is 1. The van der Waals surface area contributed by atoms with Gasteiger partial charge in [-0.15, -0.1) is 0 Å². The lowest BCUT2D eigenvalue weighted by Crippen LogP contribution is -2.33. The molecule has 0 aliphatic carbocycles. The van der Waals surface area contributed by atoms with Crippen molar-refractivity contribution in [2.24, 2.45) is 0 Å². The molecule has 2 aliphatic heterocycles. The summed E-state index contributed by atoms with van der Waals surface area (Å²) < 4.78 is 56.3. The van der Waals surface area contributed by atoms with Crippen molar-refractivity contribution in [3.63, 3.8) is 0 Å². The van der Waals surface area contributed by atoms with Gasteiger partial charge in [0.15, 0.2) is 12.0 Å². The summed E-state index contributed by atoms with van der Waals surface area (Å²) in [4.78, 5) is 8.59. The number of ether oxygens (including phenoxy) is 4. The Morgan fingerprint density at radius 3 is 2.55 bits per heavy atom. The van der Waals surface area contributed by atoms with Crippen LogP contribution in [0.1, 0.15) is 25.6 Å². The molecule has 2 saturated heterocycles. The molecule has 0 saturated carbocycles. The first-order valence-electron chi connectivity index (χ1n) is 10.5. The average molecular weight is 476 g/mol. The molecular weight excluding hydrogens is 450 g/mol. The minimum absolute atomic E-state index is 0.0864. The zero-order valence-electron chi connectivity index (χ0n) is 18.7. The number of hydrogen-bond acceptors (Lipinski definition) is 9. The number of aromatic nitrogens is 3. The predicted molar refractivity (Wildman–Crippen MR) is 116 cm³/mol. The van der Waals surface area contributed by atoms with Gasteiger partial charge in [0.25, 0.3) is 10.1 Å². The number of rotatable bonds is 6. The van der Waals surface area contributed by atoms with E-state index in [1.54, 1.807) is 19.2 Å². The lowest BCUT2D eigenvalue weighted by molar-refractivity contribution is -0.198. The summed E-state index contributed by atoms with van der Waals surface area (Å²) >= 11 is 0. The van der Waals surface area contributed by atoms with Crippen LogP contribution in [0.4, 0.5) is 0 Å². The lowest BCUT2D eigenvalue weighted by atomic mass is 10.1. The largest absolute Gasteiger partial charge is 0.480 e. The first-order valence-corrected chi connectivity index (χ1v) is 11.9. The van der Waals surface area contributed by atoms with Crippen molar-refractivity contribution in [1.29, 1.82) is 0 Å². The fourth-order valence-corrected chi connectivity index (χ4v) is 5.18. The molecule has 2 aromatic heterocycles. The number of nitrogens with zero attached hydrogens (tertiary/aromatic N) is 3. The molecule has 0 amide bonds. The first-order chi connectivity index (χ1) is 15.7. The van der Waals surface area contributed by atoms with Crippen LogP contribution < -0.4 is 4.74 Å². The summed E-state index contributed by atoms with van der Waals surface area (Å²) in [6.45, 7) is 5.28. The fraction of sp³-hybridized carbons (Fsp3) is 0.455. The molecule has 2 aliphatic rings. The van der Waals surface area contributed by atoms with Crippen LogP contribution in [0.2, 0.25) is 0 Å². The smallest absolute Gasteiger partial charge is 0.297 e. The van der Waals surface area contributed by atoms with Gasteiger partial charge in [-0.05, 0) is 39.0 Å². The van der Waals surface area contributed by atoms with Crippen LogP contribution in [0.15, 0.2) is 47.8 Å². The van der Waals surface area contributed by atoms with Crippen LogP contribution in [0.3, 0.4) is 0 Å². The van der Waals surface area contributed by atoms with Crippen molar-refractivity contribution < 1.29 is 31.5 Å². The summed E-state index contributed by atoms with van der Waals surface area (Å²) in [6.07, 6.45) is 0.915. The second kappa shape index (κ2) is 8.03. The molecule has 0 bridgehead atoms. The maximum atomic E-state index is 12.7. The van der Waals surface area contributed by atoms with E-state index in [1.165, 1.54) is 18.5 Å². The van der Waals surface area contributed by atoms with E-state index in [0.717, 1.165) is 10.9 Å². The maximum Gasteiger partial charge on any atom is 0.297 e. The van der Waals surface area contributed by atoms with Gasteiger partial charge in [-0.2, -0.15) is 8.42 Å². The van der Waals surface area contributed by atoms with Crippen molar-refractivity contribution in [3.05, 3.63) is 48.4 Å². The quantitative estimate of drug-likeness (QED) is 0.497.